The molecule has 0 bridgehead atoms. The lowest BCUT2D eigenvalue weighted by atomic mass is 9.92. The maximum absolute atomic E-state index is 12.3. The van der Waals surface area contributed by atoms with Crippen LogP contribution in [0.2, 0.25) is 5.02 Å². The van der Waals surface area contributed by atoms with E-state index < -0.39 is 5.97 Å². The highest BCUT2D eigenvalue weighted by Gasteiger charge is 2.46. The molecule has 1 aromatic rings. The second-order valence-electron chi connectivity index (χ2n) is 5.98. The Hall–Kier alpha value is -1.07. The molecule has 3 rings (SSSR count). The largest absolute Gasteiger partial charge is 0.481 e. The van der Waals surface area contributed by atoms with Gasteiger partial charge in [0.05, 0.1) is 10.9 Å². The number of carbonyl (C=O) groups is 2. The molecule has 2 aliphatic rings. The first-order chi connectivity index (χ1) is 10.0. The molecule has 2 heterocycles. The van der Waals surface area contributed by atoms with Crippen molar-refractivity contribution < 1.29 is 14.7 Å². The SMILES string of the molecule is O=C(O)[C@H]1CN(C(=O)CCc2cc(Cl)cs2)C[C@@H]1C1CC1. The van der Waals surface area contributed by atoms with Crippen LogP contribution in [0.1, 0.15) is 24.1 Å². The van der Waals surface area contributed by atoms with E-state index in [4.69, 9.17) is 11.6 Å². The summed E-state index contributed by atoms with van der Waals surface area (Å²) in [7, 11) is 0. The molecule has 0 spiro atoms. The molecule has 1 saturated carbocycles. The van der Waals surface area contributed by atoms with Gasteiger partial charge in [-0.05, 0) is 37.2 Å². The molecule has 2 fully saturated rings. The minimum Gasteiger partial charge on any atom is -0.481 e. The monoisotopic (exact) mass is 327 g/mol. The molecule has 1 aliphatic carbocycles. The van der Waals surface area contributed by atoms with Gasteiger partial charge in [-0.1, -0.05) is 11.6 Å². The number of aryl methyl sites for hydroxylation is 1. The number of halogens is 1. The topological polar surface area (TPSA) is 57.6 Å². The lowest BCUT2D eigenvalue weighted by Crippen LogP contribution is -2.30. The molecular formula is C15H18ClNO3S. The third-order valence-corrected chi connectivity index (χ3v) is 5.81. The van der Waals surface area contributed by atoms with E-state index in [0.717, 1.165) is 17.7 Å². The van der Waals surface area contributed by atoms with Crippen molar-refractivity contribution in [2.75, 3.05) is 13.1 Å². The molecule has 2 atom stereocenters. The fraction of sp³-hybridized carbons (Fsp3) is 0.600. The zero-order valence-corrected chi connectivity index (χ0v) is 13.2. The van der Waals surface area contributed by atoms with Crippen molar-refractivity contribution in [3.63, 3.8) is 0 Å². The van der Waals surface area contributed by atoms with E-state index >= 15 is 0 Å². The van der Waals surface area contributed by atoms with Crippen molar-refractivity contribution in [3.8, 4) is 0 Å². The van der Waals surface area contributed by atoms with Crippen LogP contribution in [0.4, 0.5) is 0 Å². The molecule has 1 amide bonds. The first kappa shape index (κ1) is 14.9. The molecule has 114 valence electrons. The highest BCUT2D eigenvalue weighted by Crippen LogP contribution is 2.44. The summed E-state index contributed by atoms with van der Waals surface area (Å²) < 4.78 is 0. The Morgan fingerprint density at radius 2 is 2.14 bits per heavy atom. The smallest absolute Gasteiger partial charge is 0.308 e. The van der Waals surface area contributed by atoms with Crippen LogP contribution >= 0.6 is 22.9 Å². The molecule has 6 heteroatoms. The number of nitrogens with zero attached hydrogens (tertiary/aromatic N) is 1. The van der Waals surface area contributed by atoms with Crippen molar-refractivity contribution >= 4 is 34.8 Å². The lowest BCUT2D eigenvalue weighted by Gasteiger charge is -2.16. The molecule has 21 heavy (non-hydrogen) atoms. The van der Waals surface area contributed by atoms with Crippen molar-refractivity contribution in [1.82, 2.24) is 4.90 Å². The summed E-state index contributed by atoms with van der Waals surface area (Å²) >= 11 is 7.43. The van der Waals surface area contributed by atoms with Crippen LogP contribution in [0, 0.1) is 17.8 Å². The van der Waals surface area contributed by atoms with Gasteiger partial charge in [-0.3, -0.25) is 9.59 Å². The number of likely N-dealkylation sites (tertiary alicyclic amines) is 1. The van der Waals surface area contributed by atoms with Gasteiger partial charge in [0.25, 0.3) is 0 Å². The van der Waals surface area contributed by atoms with Crippen LogP contribution in [-0.2, 0) is 16.0 Å². The summed E-state index contributed by atoms with van der Waals surface area (Å²) in [4.78, 5) is 26.5. The average molecular weight is 328 g/mol. The first-order valence-corrected chi connectivity index (χ1v) is 8.54. The molecule has 0 aromatic carbocycles. The second-order valence-corrected chi connectivity index (χ2v) is 7.41. The Labute approximate surface area is 132 Å². The van der Waals surface area contributed by atoms with E-state index in [9.17, 15) is 14.7 Å². The number of aliphatic carboxylic acids is 1. The third kappa shape index (κ3) is 3.40. The molecule has 1 aliphatic heterocycles. The van der Waals surface area contributed by atoms with Crippen LogP contribution < -0.4 is 0 Å². The number of carbonyl (C=O) groups excluding carboxylic acids is 1. The molecule has 1 N–H and O–H groups in total. The normalized spacial score (nSPS) is 25.3. The van der Waals surface area contributed by atoms with Crippen LogP contribution in [0.25, 0.3) is 0 Å². The Morgan fingerprint density at radius 3 is 2.71 bits per heavy atom. The van der Waals surface area contributed by atoms with Crippen molar-refractivity contribution in [2.45, 2.75) is 25.7 Å². The molecule has 1 saturated heterocycles. The number of carboxylic acid groups (broad SMARTS) is 1. The summed E-state index contributed by atoms with van der Waals surface area (Å²) in [5.41, 5.74) is 0. The number of hydrogen-bond acceptors (Lipinski definition) is 3. The number of carboxylic acids is 1. The highest BCUT2D eigenvalue weighted by molar-refractivity contribution is 7.10. The van der Waals surface area contributed by atoms with E-state index in [-0.39, 0.29) is 17.7 Å². The zero-order chi connectivity index (χ0) is 15.0. The second kappa shape index (κ2) is 5.97. The summed E-state index contributed by atoms with van der Waals surface area (Å²) in [6.07, 6.45) is 3.34. The lowest BCUT2D eigenvalue weighted by molar-refractivity contribution is -0.142. The van der Waals surface area contributed by atoms with E-state index in [2.05, 4.69) is 0 Å². The first-order valence-electron chi connectivity index (χ1n) is 7.28. The molecule has 0 radical (unpaired) electrons. The number of rotatable bonds is 5. The molecular weight excluding hydrogens is 310 g/mol. The van der Waals surface area contributed by atoms with Crippen molar-refractivity contribution in [1.29, 1.82) is 0 Å². The Kier molecular flexibility index (Phi) is 4.22. The highest BCUT2D eigenvalue weighted by atomic mass is 35.5. The minimum atomic E-state index is -0.757. The summed E-state index contributed by atoms with van der Waals surface area (Å²) in [5.74, 6) is -0.401. The third-order valence-electron chi connectivity index (χ3n) is 4.47. The molecule has 1 aromatic heterocycles. The fourth-order valence-corrected chi connectivity index (χ4v) is 4.25. The average Bonchev–Trinajstić information content (AvgIpc) is 3.05. The van der Waals surface area contributed by atoms with Gasteiger partial charge in [-0.2, -0.15) is 0 Å². The van der Waals surface area contributed by atoms with Gasteiger partial charge in [0.15, 0.2) is 0 Å². The summed E-state index contributed by atoms with van der Waals surface area (Å²) in [6.45, 7) is 0.992. The van der Waals surface area contributed by atoms with Gasteiger partial charge in [-0.25, -0.2) is 0 Å². The fourth-order valence-electron chi connectivity index (χ4n) is 3.17. The Balaban J connectivity index is 1.56. The quantitative estimate of drug-likeness (QED) is 0.904. The van der Waals surface area contributed by atoms with Gasteiger partial charge >= 0.3 is 5.97 Å². The zero-order valence-electron chi connectivity index (χ0n) is 11.6. The van der Waals surface area contributed by atoms with E-state index in [1.54, 1.807) is 16.2 Å². The Bertz CT molecular complexity index is 555. The van der Waals surface area contributed by atoms with E-state index in [1.165, 1.54) is 0 Å². The number of thiophene rings is 1. The summed E-state index contributed by atoms with van der Waals surface area (Å²) in [6, 6.07) is 1.89. The van der Waals surface area contributed by atoms with Crippen molar-refractivity contribution in [2.24, 2.45) is 17.8 Å². The van der Waals surface area contributed by atoms with Crippen LogP contribution in [0.3, 0.4) is 0 Å². The van der Waals surface area contributed by atoms with Gasteiger partial charge < -0.3 is 10.0 Å². The predicted octanol–water partition coefficient (Wildman–Crippen LogP) is 2.90. The van der Waals surface area contributed by atoms with E-state index in [0.29, 0.717) is 36.9 Å². The van der Waals surface area contributed by atoms with Crippen molar-refractivity contribution in [3.05, 3.63) is 21.3 Å². The molecule has 0 unspecified atom stereocenters. The standard InChI is InChI=1S/C15H18ClNO3S/c16-10-5-11(21-8-10)3-4-14(18)17-6-12(9-1-2-9)13(7-17)15(19)20/h5,8-9,12-13H,1-4,6-7H2,(H,19,20)/t12-,13+/m1/s1. The minimum absolute atomic E-state index is 0.0638. The number of amides is 1. The van der Waals surface area contributed by atoms with Gasteiger partial charge in [-0.15, -0.1) is 11.3 Å². The van der Waals surface area contributed by atoms with Gasteiger partial charge in [0.1, 0.15) is 0 Å². The summed E-state index contributed by atoms with van der Waals surface area (Å²) in [5, 5.41) is 11.9. The van der Waals surface area contributed by atoms with Gasteiger partial charge in [0, 0.05) is 29.8 Å². The Morgan fingerprint density at radius 1 is 1.38 bits per heavy atom. The maximum Gasteiger partial charge on any atom is 0.308 e. The molecule has 4 nitrogen and oxygen atoms in total. The maximum atomic E-state index is 12.3. The van der Waals surface area contributed by atoms with E-state index in [1.807, 2.05) is 11.4 Å². The van der Waals surface area contributed by atoms with Crippen LogP contribution in [-0.4, -0.2) is 35.0 Å². The predicted molar refractivity (Wildman–Crippen MR) is 81.6 cm³/mol. The number of hydrogen-bond donors (Lipinski definition) is 1. The van der Waals surface area contributed by atoms with Crippen LogP contribution in [0.5, 0.6) is 0 Å². The van der Waals surface area contributed by atoms with Gasteiger partial charge in [0.2, 0.25) is 5.91 Å². The van der Waals surface area contributed by atoms with Crippen LogP contribution in [0.15, 0.2) is 11.4 Å².